The van der Waals surface area contributed by atoms with Gasteiger partial charge in [-0.15, -0.1) is 0 Å². The number of Topliss-reactive ketones (excluding diaryl/α,β-unsaturated/α-hetero) is 1. The Morgan fingerprint density at radius 3 is 2.31 bits per heavy atom. The molecule has 2 aliphatic heterocycles. The molecule has 5 heteroatoms. The lowest BCUT2D eigenvalue weighted by atomic mass is 10.1. The van der Waals surface area contributed by atoms with Gasteiger partial charge in [0.25, 0.3) is 0 Å². The Morgan fingerprint density at radius 2 is 1.59 bits per heavy atom. The molecule has 0 N–H and O–H groups in total. The lowest BCUT2D eigenvalue weighted by Crippen LogP contribution is -2.39. The van der Waals surface area contributed by atoms with Gasteiger partial charge in [-0.3, -0.25) is 9.69 Å². The SMILES string of the molecule is O=C(CCN1CCC(Oc2ccc(CN3CCCCC3)cc2)CC1)C[SiH2]c1ccccc1. The van der Waals surface area contributed by atoms with Gasteiger partial charge >= 0.3 is 0 Å². The molecule has 172 valence electrons. The number of carbonyl (C=O) groups excluding carboxylic acids is 1. The third kappa shape index (κ3) is 7.57. The highest BCUT2D eigenvalue weighted by Crippen LogP contribution is 2.21. The molecule has 0 aliphatic carbocycles. The molecule has 32 heavy (non-hydrogen) atoms. The van der Waals surface area contributed by atoms with E-state index in [1.807, 2.05) is 6.07 Å². The van der Waals surface area contributed by atoms with Crippen molar-refractivity contribution in [2.24, 2.45) is 0 Å². The summed E-state index contributed by atoms with van der Waals surface area (Å²) in [6, 6.07) is 20.0. The first-order chi connectivity index (χ1) is 15.7. The predicted octanol–water partition coefficient (Wildman–Crippen LogP) is 3.39. The van der Waals surface area contributed by atoms with Crippen LogP contribution >= 0.6 is 0 Å². The maximum Gasteiger partial charge on any atom is 0.131 e. The monoisotopic (exact) mass is 450 g/mol. The molecule has 4 rings (SSSR count). The van der Waals surface area contributed by atoms with Gasteiger partial charge in [0.2, 0.25) is 0 Å². The fourth-order valence-corrected chi connectivity index (χ4v) is 6.25. The highest BCUT2D eigenvalue weighted by Gasteiger charge is 2.21. The number of rotatable bonds is 10. The number of hydrogen-bond donors (Lipinski definition) is 0. The molecule has 2 fully saturated rings. The minimum absolute atomic E-state index is 0.292. The molecular weight excluding hydrogens is 412 g/mol. The molecule has 0 unspecified atom stereocenters. The molecule has 2 aromatic carbocycles. The lowest BCUT2D eigenvalue weighted by molar-refractivity contribution is -0.117. The fourth-order valence-electron chi connectivity index (χ4n) is 4.83. The predicted molar refractivity (Wildman–Crippen MR) is 135 cm³/mol. The first-order valence-electron chi connectivity index (χ1n) is 12.5. The normalized spacial score (nSPS) is 18.9. The molecule has 0 atom stereocenters. The number of ketones is 1. The molecule has 0 bridgehead atoms. The van der Waals surface area contributed by atoms with Crippen molar-refractivity contribution in [3.8, 4) is 5.75 Å². The summed E-state index contributed by atoms with van der Waals surface area (Å²) in [5.74, 6) is 1.43. The van der Waals surface area contributed by atoms with Crippen LogP contribution in [0.3, 0.4) is 0 Å². The molecule has 0 amide bonds. The Hall–Kier alpha value is -1.95. The zero-order chi connectivity index (χ0) is 22.0. The van der Waals surface area contributed by atoms with Crippen molar-refractivity contribution in [2.75, 3.05) is 32.7 Å². The molecule has 2 heterocycles. The summed E-state index contributed by atoms with van der Waals surface area (Å²) in [5, 5.41) is 1.39. The summed E-state index contributed by atoms with van der Waals surface area (Å²) < 4.78 is 6.26. The van der Waals surface area contributed by atoms with Crippen LogP contribution in [0.4, 0.5) is 0 Å². The summed E-state index contributed by atoms with van der Waals surface area (Å²) in [4.78, 5) is 17.3. The quantitative estimate of drug-likeness (QED) is 0.520. The largest absolute Gasteiger partial charge is 0.490 e. The van der Waals surface area contributed by atoms with Crippen LogP contribution < -0.4 is 9.92 Å². The van der Waals surface area contributed by atoms with E-state index in [4.69, 9.17) is 4.74 Å². The molecular formula is C27H38N2O2Si. The summed E-state index contributed by atoms with van der Waals surface area (Å²) in [6.07, 6.45) is 7.14. The average Bonchev–Trinajstić information content (AvgIpc) is 2.85. The average molecular weight is 451 g/mol. The Kier molecular flexibility index (Phi) is 8.94. The van der Waals surface area contributed by atoms with Crippen LogP contribution in [0.1, 0.15) is 44.1 Å². The van der Waals surface area contributed by atoms with Crippen LogP contribution in [-0.2, 0) is 11.3 Å². The van der Waals surface area contributed by atoms with Gasteiger partial charge in [-0.2, -0.15) is 0 Å². The van der Waals surface area contributed by atoms with E-state index in [1.165, 1.54) is 43.1 Å². The minimum Gasteiger partial charge on any atom is -0.490 e. The van der Waals surface area contributed by atoms with E-state index < -0.39 is 9.52 Å². The third-order valence-corrected chi connectivity index (χ3v) is 8.71. The molecule has 0 saturated carbocycles. The molecule has 2 aromatic rings. The number of carbonyl (C=O) groups is 1. The summed E-state index contributed by atoms with van der Waals surface area (Å²) >= 11 is 0. The summed E-state index contributed by atoms with van der Waals surface area (Å²) in [6.45, 7) is 6.49. The Bertz CT molecular complexity index is 813. The minimum atomic E-state index is -0.451. The van der Waals surface area contributed by atoms with Crippen LogP contribution in [0.15, 0.2) is 54.6 Å². The maximum atomic E-state index is 12.3. The highest BCUT2D eigenvalue weighted by molar-refractivity contribution is 6.57. The maximum absolute atomic E-state index is 12.3. The second kappa shape index (κ2) is 12.3. The van der Waals surface area contributed by atoms with E-state index in [9.17, 15) is 4.79 Å². The summed E-state index contributed by atoms with van der Waals surface area (Å²) in [7, 11) is -0.451. The molecule has 2 aliphatic rings. The number of likely N-dealkylation sites (tertiary alicyclic amines) is 2. The standard InChI is InChI=1S/C27H38N2O2Si/c30-24(22-32-27-7-3-1-4-8-27)13-18-28-19-14-26(15-20-28)31-25-11-9-23(10-12-25)21-29-16-5-2-6-17-29/h1,3-4,7-12,26H,2,5-6,13-22,32H2. The molecule has 0 radical (unpaired) electrons. The van der Waals surface area contributed by atoms with E-state index in [-0.39, 0.29) is 0 Å². The van der Waals surface area contributed by atoms with Gasteiger partial charge in [-0.25, -0.2) is 0 Å². The van der Waals surface area contributed by atoms with E-state index in [1.54, 1.807) is 0 Å². The van der Waals surface area contributed by atoms with Crippen molar-refractivity contribution < 1.29 is 9.53 Å². The van der Waals surface area contributed by atoms with Crippen molar-refractivity contribution in [1.29, 1.82) is 0 Å². The van der Waals surface area contributed by atoms with Gasteiger partial charge in [0.1, 0.15) is 17.6 Å². The number of ether oxygens (including phenoxy) is 1. The van der Waals surface area contributed by atoms with E-state index >= 15 is 0 Å². The number of hydrogen-bond acceptors (Lipinski definition) is 4. The Labute approximate surface area is 195 Å². The Morgan fingerprint density at radius 1 is 0.875 bits per heavy atom. The second-order valence-electron chi connectivity index (χ2n) is 9.41. The number of piperidine rings is 2. The topological polar surface area (TPSA) is 32.8 Å². The zero-order valence-electron chi connectivity index (χ0n) is 19.4. The van der Waals surface area contributed by atoms with Gasteiger partial charge < -0.3 is 9.64 Å². The van der Waals surface area contributed by atoms with Crippen LogP contribution in [0.2, 0.25) is 6.04 Å². The fraction of sp³-hybridized carbons (Fsp3) is 0.519. The third-order valence-electron chi connectivity index (χ3n) is 6.86. The van der Waals surface area contributed by atoms with E-state index in [0.717, 1.165) is 50.8 Å². The van der Waals surface area contributed by atoms with Gasteiger partial charge in [0, 0.05) is 32.6 Å². The van der Waals surface area contributed by atoms with Crippen LogP contribution in [0.5, 0.6) is 5.75 Å². The first-order valence-corrected chi connectivity index (χ1v) is 14.2. The van der Waals surface area contributed by atoms with Gasteiger partial charge in [-0.1, -0.05) is 54.1 Å². The molecule has 2 saturated heterocycles. The van der Waals surface area contributed by atoms with Crippen LogP contribution in [0, 0.1) is 0 Å². The lowest BCUT2D eigenvalue weighted by Gasteiger charge is -2.32. The zero-order valence-corrected chi connectivity index (χ0v) is 20.8. The van der Waals surface area contributed by atoms with Crippen molar-refractivity contribution in [2.45, 2.75) is 57.2 Å². The smallest absolute Gasteiger partial charge is 0.131 e. The molecule has 0 spiro atoms. The van der Waals surface area contributed by atoms with Crippen molar-refractivity contribution in [1.82, 2.24) is 9.80 Å². The number of nitrogens with zero attached hydrogens (tertiary/aromatic N) is 2. The van der Waals surface area contributed by atoms with Crippen molar-refractivity contribution >= 4 is 20.5 Å². The van der Waals surface area contributed by atoms with Crippen molar-refractivity contribution in [3.63, 3.8) is 0 Å². The van der Waals surface area contributed by atoms with Gasteiger partial charge in [0.15, 0.2) is 0 Å². The summed E-state index contributed by atoms with van der Waals surface area (Å²) in [5.41, 5.74) is 1.38. The van der Waals surface area contributed by atoms with Gasteiger partial charge in [0.05, 0.1) is 9.52 Å². The molecule has 0 aromatic heterocycles. The Balaban J connectivity index is 1.11. The van der Waals surface area contributed by atoms with Crippen molar-refractivity contribution in [3.05, 3.63) is 60.2 Å². The number of benzene rings is 2. The first kappa shape index (κ1) is 23.2. The van der Waals surface area contributed by atoms with Crippen LogP contribution in [0.25, 0.3) is 0 Å². The van der Waals surface area contributed by atoms with E-state index in [2.05, 4.69) is 58.3 Å². The van der Waals surface area contributed by atoms with Crippen LogP contribution in [-0.4, -0.2) is 63.9 Å². The second-order valence-corrected chi connectivity index (χ2v) is 11.2. The van der Waals surface area contributed by atoms with E-state index in [0.29, 0.717) is 18.3 Å². The molecule has 4 nitrogen and oxygen atoms in total. The van der Waals surface area contributed by atoms with Gasteiger partial charge in [-0.05, 0) is 62.5 Å². The highest BCUT2D eigenvalue weighted by atomic mass is 28.2.